The van der Waals surface area contributed by atoms with Crippen LogP contribution in [0.4, 0.5) is 4.39 Å². The third-order valence-electron chi connectivity index (χ3n) is 2.27. The van der Waals surface area contributed by atoms with Crippen LogP contribution in [-0.2, 0) is 11.2 Å². The number of phenolic OH excluding ortho intramolecular Hbond substituents is 1. The lowest BCUT2D eigenvalue weighted by molar-refractivity contribution is -0.141. The molecule has 0 saturated heterocycles. The average Bonchev–Trinajstić information content (AvgIpc) is 2.22. The minimum atomic E-state index is -0.951. The molecule has 5 heteroatoms. The Kier molecular flexibility index (Phi) is 3.71. The molecule has 0 aliphatic carbocycles. The second kappa shape index (κ2) is 4.83. The third kappa shape index (κ3) is 2.62. The van der Waals surface area contributed by atoms with Crippen molar-refractivity contribution in [2.45, 2.75) is 13.3 Å². The zero-order valence-corrected chi connectivity index (χ0v) is 9.03. The van der Waals surface area contributed by atoms with E-state index in [1.807, 2.05) is 0 Å². The van der Waals surface area contributed by atoms with Gasteiger partial charge in [-0.25, -0.2) is 4.39 Å². The second-order valence-electron chi connectivity index (χ2n) is 3.57. The first-order valence-electron chi connectivity index (χ1n) is 4.74. The predicted octanol–water partition coefficient (Wildman–Crippen LogP) is 1.80. The highest BCUT2D eigenvalue weighted by molar-refractivity contribution is 5.70. The van der Waals surface area contributed by atoms with E-state index < -0.39 is 23.5 Å². The number of hydrogen-bond acceptors (Lipinski definition) is 3. The molecule has 2 N–H and O–H groups in total. The number of ether oxygens (including phenoxy) is 1. The maximum absolute atomic E-state index is 13.2. The van der Waals surface area contributed by atoms with Gasteiger partial charge in [-0.2, -0.15) is 0 Å². The average molecular weight is 228 g/mol. The van der Waals surface area contributed by atoms with E-state index in [0.29, 0.717) is 5.56 Å². The van der Waals surface area contributed by atoms with Gasteiger partial charge in [-0.15, -0.1) is 0 Å². The van der Waals surface area contributed by atoms with Gasteiger partial charge in [-0.3, -0.25) is 4.79 Å². The molecule has 0 aromatic heterocycles. The molecular formula is C11H13FO4. The Bertz CT molecular complexity index is 403. The van der Waals surface area contributed by atoms with E-state index in [1.54, 1.807) is 0 Å². The fourth-order valence-corrected chi connectivity index (χ4v) is 1.34. The van der Waals surface area contributed by atoms with Crippen molar-refractivity contribution in [2.75, 3.05) is 7.11 Å². The van der Waals surface area contributed by atoms with Crippen LogP contribution in [0.3, 0.4) is 0 Å². The summed E-state index contributed by atoms with van der Waals surface area (Å²) < 4.78 is 18.0. The molecule has 1 aromatic rings. The molecule has 88 valence electrons. The SMILES string of the molecule is COc1cc(CC(C)C(=O)O)cc(F)c1O. The summed E-state index contributed by atoms with van der Waals surface area (Å²) >= 11 is 0. The molecule has 0 heterocycles. The summed E-state index contributed by atoms with van der Waals surface area (Å²) in [6.45, 7) is 1.53. The number of aliphatic carboxylic acids is 1. The number of phenols is 1. The Balaban J connectivity index is 2.98. The molecule has 0 aliphatic rings. The Morgan fingerprint density at radius 2 is 2.19 bits per heavy atom. The quantitative estimate of drug-likeness (QED) is 0.824. The minimum absolute atomic E-state index is 0.00703. The molecule has 0 bridgehead atoms. The normalized spacial score (nSPS) is 12.2. The maximum atomic E-state index is 13.2. The number of aromatic hydroxyl groups is 1. The third-order valence-corrected chi connectivity index (χ3v) is 2.27. The van der Waals surface area contributed by atoms with E-state index in [4.69, 9.17) is 9.84 Å². The Labute approximate surface area is 92.3 Å². The van der Waals surface area contributed by atoms with Gasteiger partial charge in [0.2, 0.25) is 0 Å². The first-order chi connectivity index (χ1) is 7.45. The van der Waals surface area contributed by atoms with Gasteiger partial charge in [0.1, 0.15) is 0 Å². The van der Waals surface area contributed by atoms with Crippen LogP contribution in [0.5, 0.6) is 11.5 Å². The van der Waals surface area contributed by atoms with Crippen LogP contribution < -0.4 is 4.74 Å². The van der Waals surface area contributed by atoms with E-state index in [1.165, 1.54) is 20.1 Å². The molecule has 0 aliphatic heterocycles. The molecule has 0 saturated carbocycles. The van der Waals surface area contributed by atoms with Crippen molar-refractivity contribution in [2.24, 2.45) is 5.92 Å². The van der Waals surface area contributed by atoms with Crippen molar-refractivity contribution in [3.63, 3.8) is 0 Å². The molecule has 0 fully saturated rings. The van der Waals surface area contributed by atoms with Crippen molar-refractivity contribution in [3.05, 3.63) is 23.5 Å². The molecule has 1 atom stereocenters. The van der Waals surface area contributed by atoms with Gasteiger partial charge in [0.05, 0.1) is 13.0 Å². The summed E-state index contributed by atoms with van der Waals surface area (Å²) in [5.74, 6) is -2.94. The summed E-state index contributed by atoms with van der Waals surface area (Å²) in [6, 6.07) is 2.54. The van der Waals surface area contributed by atoms with E-state index in [9.17, 15) is 14.3 Å². The zero-order valence-electron chi connectivity index (χ0n) is 9.03. The molecule has 0 amide bonds. The number of benzene rings is 1. The highest BCUT2D eigenvalue weighted by Gasteiger charge is 2.15. The monoisotopic (exact) mass is 228 g/mol. The lowest BCUT2D eigenvalue weighted by Crippen LogP contribution is -2.12. The lowest BCUT2D eigenvalue weighted by atomic mass is 10.0. The molecule has 0 radical (unpaired) electrons. The number of hydrogen-bond donors (Lipinski definition) is 2. The van der Waals surface area contributed by atoms with Crippen LogP contribution in [0.2, 0.25) is 0 Å². The molecule has 1 unspecified atom stereocenters. The highest BCUT2D eigenvalue weighted by Crippen LogP contribution is 2.30. The van der Waals surface area contributed by atoms with Gasteiger partial charge in [0.15, 0.2) is 17.3 Å². The second-order valence-corrected chi connectivity index (χ2v) is 3.57. The van der Waals surface area contributed by atoms with Crippen molar-refractivity contribution < 1.29 is 24.1 Å². The van der Waals surface area contributed by atoms with E-state index in [0.717, 1.165) is 6.07 Å². The van der Waals surface area contributed by atoms with Crippen LogP contribution in [0, 0.1) is 11.7 Å². The maximum Gasteiger partial charge on any atom is 0.306 e. The van der Waals surface area contributed by atoms with E-state index >= 15 is 0 Å². The molecule has 0 spiro atoms. The largest absolute Gasteiger partial charge is 0.502 e. The highest BCUT2D eigenvalue weighted by atomic mass is 19.1. The van der Waals surface area contributed by atoms with Gasteiger partial charge >= 0.3 is 5.97 Å². The van der Waals surface area contributed by atoms with Crippen LogP contribution in [-0.4, -0.2) is 23.3 Å². The molecule has 1 rings (SSSR count). The van der Waals surface area contributed by atoms with Gasteiger partial charge in [0.25, 0.3) is 0 Å². The number of carboxylic acids is 1. The summed E-state index contributed by atoms with van der Waals surface area (Å²) in [4.78, 5) is 10.6. The van der Waals surface area contributed by atoms with E-state index in [-0.39, 0.29) is 12.2 Å². The number of carbonyl (C=O) groups is 1. The lowest BCUT2D eigenvalue weighted by Gasteiger charge is -2.10. The predicted molar refractivity (Wildman–Crippen MR) is 55.1 cm³/mol. The summed E-state index contributed by atoms with van der Waals surface area (Å²) in [5.41, 5.74) is 0.474. The Hall–Kier alpha value is -1.78. The van der Waals surface area contributed by atoms with Gasteiger partial charge in [-0.1, -0.05) is 6.92 Å². The van der Waals surface area contributed by atoms with Crippen LogP contribution in [0.1, 0.15) is 12.5 Å². The number of rotatable bonds is 4. The van der Waals surface area contributed by atoms with Crippen LogP contribution in [0.25, 0.3) is 0 Å². The summed E-state index contributed by atoms with van der Waals surface area (Å²) in [7, 11) is 1.30. The topological polar surface area (TPSA) is 66.8 Å². The zero-order chi connectivity index (χ0) is 12.3. The van der Waals surface area contributed by atoms with Crippen LogP contribution >= 0.6 is 0 Å². The van der Waals surface area contributed by atoms with Crippen molar-refractivity contribution in [3.8, 4) is 11.5 Å². The van der Waals surface area contributed by atoms with Crippen LogP contribution in [0.15, 0.2) is 12.1 Å². The first-order valence-corrected chi connectivity index (χ1v) is 4.74. The standard InChI is InChI=1S/C11H13FO4/c1-6(11(14)15)3-7-4-8(12)10(13)9(5-7)16-2/h4-6,13H,3H2,1-2H3,(H,14,15). The minimum Gasteiger partial charge on any atom is -0.502 e. The van der Waals surface area contributed by atoms with Crippen molar-refractivity contribution >= 4 is 5.97 Å². The fraction of sp³-hybridized carbons (Fsp3) is 0.364. The summed E-state index contributed by atoms with van der Waals surface area (Å²) in [5, 5.41) is 18.0. The smallest absolute Gasteiger partial charge is 0.306 e. The summed E-state index contributed by atoms with van der Waals surface area (Å²) in [6.07, 6.45) is 0.183. The Morgan fingerprint density at radius 3 is 2.69 bits per heavy atom. The molecule has 1 aromatic carbocycles. The van der Waals surface area contributed by atoms with Gasteiger partial charge in [-0.05, 0) is 24.1 Å². The number of methoxy groups -OCH3 is 1. The first kappa shape index (κ1) is 12.3. The van der Waals surface area contributed by atoms with Gasteiger partial charge in [0, 0.05) is 0 Å². The Morgan fingerprint density at radius 1 is 1.56 bits per heavy atom. The fourth-order valence-electron chi connectivity index (χ4n) is 1.34. The number of halogens is 1. The number of carboxylic acid groups (broad SMARTS) is 1. The van der Waals surface area contributed by atoms with E-state index in [2.05, 4.69) is 0 Å². The van der Waals surface area contributed by atoms with Crippen molar-refractivity contribution in [1.82, 2.24) is 0 Å². The molecule has 16 heavy (non-hydrogen) atoms. The van der Waals surface area contributed by atoms with Crippen molar-refractivity contribution in [1.29, 1.82) is 0 Å². The van der Waals surface area contributed by atoms with Gasteiger partial charge < -0.3 is 14.9 Å². The molecular weight excluding hydrogens is 215 g/mol. The molecule has 4 nitrogen and oxygen atoms in total.